The van der Waals surface area contributed by atoms with Crippen LogP contribution in [0.5, 0.6) is 5.75 Å². The van der Waals surface area contributed by atoms with Crippen LogP contribution in [0, 0.1) is 0 Å². The maximum Gasteiger partial charge on any atom is 0.335 e. The number of urea groups is 1. The topological polar surface area (TPSA) is 108 Å². The van der Waals surface area contributed by atoms with Gasteiger partial charge in [0.25, 0.3) is 0 Å². The third kappa shape index (κ3) is 6.82. The van der Waals surface area contributed by atoms with E-state index in [1.54, 1.807) is 43.3 Å². The molecule has 2 amide bonds. The molecule has 8 nitrogen and oxygen atoms in total. The lowest BCUT2D eigenvalue weighted by Crippen LogP contribution is -2.49. The normalized spacial score (nSPS) is 19.3. The van der Waals surface area contributed by atoms with E-state index in [9.17, 15) is 19.5 Å². The molecule has 1 aliphatic heterocycles. The van der Waals surface area contributed by atoms with Crippen LogP contribution in [0.15, 0.2) is 72.0 Å². The van der Waals surface area contributed by atoms with Gasteiger partial charge in [0.1, 0.15) is 11.9 Å². The quantitative estimate of drug-likeness (QED) is 0.209. The molecule has 0 bridgehead atoms. The number of aliphatic carboxylic acids is 1. The fraction of sp³-hybridized carbons (Fsp3) is 0.345. The van der Waals surface area contributed by atoms with E-state index in [1.807, 2.05) is 12.1 Å². The van der Waals surface area contributed by atoms with Crippen molar-refractivity contribution in [2.45, 2.75) is 44.8 Å². The van der Waals surface area contributed by atoms with E-state index in [0.29, 0.717) is 34.8 Å². The number of hydrogen-bond donors (Lipinski definition) is 3. The summed E-state index contributed by atoms with van der Waals surface area (Å²) in [5.74, 6) is -0.411. The van der Waals surface area contributed by atoms with Crippen LogP contribution in [-0.2, 0) is 4.79 Å². The summed E-state index contributed by atoms with van der Waals surface area (Å²) >= 11 is 6.16. The number of carbonyl (C=O) groups excluding carboxylic acids is 2. The van der Waals surface area contributed by atoms with Crippen LogP contribution in [0.3, 0.4) is 0 Å². The molecular weight excluding hydrogens is 506 g/mol. The Labute approximate surface area is 227 Å². The van der Waals surface area contributed by atoms with Gasteiger partial charge in [0, 0.05) is 22.8 Å². The number of hydrogen-bond acceptors (Lipinski definition) is 5. The molecule has 0 fully saturated rings. The van der Waals surface area contributed by atoms with Gasteiger partial charge >= 0.3 is 12.0 Å². The van der Waals surface area contributed by atoms with Gasteiger partial charge in [0.05, 0.1) is 18.2 Å². The minimum Gasteiger partial charge on any atom is -0.486 e. The van der Waals surface area contributed by atoms with Crippen LogP contribution < -0.4 is 15.4 Å². The molecule has 38 heavy (non-hydrogen) atoms. The second-order valence-electron chi connectivity index (χ2n) is 9.42. The van der Waals surface area contributed by atoms with E-state index < -0.39 is 12.0 Å². The first-order chi connectivity index (χ1) is 18.3. The number of halogens is 1. The Bertz CT molecular complexity index is 1240. The van der Waals surface area contributed by atoms with E-state index in [0.717, 1.165) is 25.0 Å². The van der Waals surface area contributed by atoms with Crippen molar-refractivity contribution in [2.24, 2.45) is 0 Å². The van der Waals surface area contributed by atoms with Crippen LogP contribution in [-0.4, -0.2) is 53.5 Å². The summed E-state index contributed by atoms with van der Waals surface area (Å²) in [6.45, 7) is 2.48. The van der Waals surface area contributed by atoms with Crippen molar-refractivity contribution in [3.8, 4) is 5.75 Å². The van der Waals surface area contributed by atoms with Crippen molar-refractivity contribution in [1.82, 2.24) is 15.5 Å². The van der Waals surface area contributed by atoms with Gasteiger partial charge in [-0.3, -0.25) is 4.79 Å². The van der Waals surface area contributed by atoms with Gasteiger partial charge in [-0.15, -0.1) is 0 Å². The minimum atomic E-state index is -1.10. The molecule has 0 radical (unpaired) electrons. The van der Waals surface area contributed by atoms with Crippen molar-refractivity contribution in [2.75, 3.05) is 19.6 Å². The lowest BCUT2D eigenvalue weighted by Gasteiger charge is -2.37. The third-order valence-corrected chi connectivity index (χ3v) is 6.89. The molecule has 200 valence electrons. The number of rotatable bonds is 11. The average molecular weight is 538 g/mol. The van der Waals surface area contributed by atoms with Crippen LogP contribution >= 0.6 is 11.6 Å². The molecule has 2 aliphatic rings. The number of carboxylic acids is 1. The molecule has 3 N–H and O–H groups in total. The van der Waals surface area contributed by atoms with E-state index in [1.165, 1.54) is 4.90 Å². The zero-order chi connectivity index (χ0) is 27.1. The van der Waals surface area contributed by atoms with Gasteiger partial charge in [0.2, 0.25) is 0 Å². The Hall–Kier alpha value is -3.62. The zero-order valence-electron chi connectivity index (χ0n) is 21.3. The summed E-state index contributed by atoms with van der Waals surface area (Å²) in [6, 6.07) is 12.9. The number of ether oxygens (including phenoxy) is 1. The van der Waals surface area contributed by atoms with Crippen LogP contribution in [0.25, 0.3) is 0 Å². The summed E-state index contributed by atoms with van der Waals surface area (Å²) in [5, 5.41) is 16.1. The number of nitrogens with one attached hydrogen (secondary N) is 2. The van der Waals surface area contributed by atoms with Crippen LogP contribution in [0.1, 0.15) is 54.6 Å². The van der Waals surface area contributed by atoms with Crippen LogP contribution in [0.4, 0.5) is 4.79 Å². The Balaban J connectivity index is 1.31. The molecule has 2 aromatic rings. The van der Waals surface area contributed by atoms with Gasteiger partial charge in [-0.2, -0.15) is 0 Å². The van der Waals surface area contributed by atoms with Gasteiger partial charge in [-0.05, 0) is 87.2 Å². The number of Topliss-reactive ketones (excluding diaryl/α,β-unsaturated/α-hetero) is 1. The predicted octanol–water partition coefficient (Wildman–Crippen LogP) is 5.12. The number of amides is 2. The molecule has 2 aromatic carbocycles. The number of carboxylic acid groups (broad SMARTS) is 1. The Morgan fingerprint density at radius 1 is 1.21 bits per heavy atom. The number of nitrogens with zero attached hydrogens (tertiary/aromatic N) is 1. The molecule has 1 heterocycles. The molecular formula is C29H32ClN3O5. The molecule has 0 spiro atoms. The Morgan fingerprint density at radius 2 is 2.00 bits per heavy atom. The molecule has 0 aromatic heterocycles. The van der Waals surface area contributed by atoms with Crippen molar-refractivity contribution in [1.29, 1.82) is 0 Å². The molecule has 2 unspecified atom stereocenters. The highest BCUT2D eigenvalue weighted by atomic mass is 35.5. The second-order valence-corrected chi connectivity index (χ2v) is 9.85. The van der Waals surface area contributed by atoms with Crippen molar-refractivity contribution >= 4 is 29.4 Å². The molecule has 0 saturated carbocycles. The molecule has 4 rings (SSSR count). The monoisotopic (exact) mass is 537 g/mol. The summed E-state index contributed by atoms with van der Waals surface area (Å²) in [4.78, 5) is 39.0. The predicted molar refractivity (Wildman–Crippen MR) is 145 cm³/mol. The summed E-state index contributed by atoms with van der Waals surface area (Å²) in [5.41, 5.74) is 1.62. The maximum atomic E-state index is 12.8. The Morgan fingerprint density at radius 3 is 2.68 bits per heavy atom. The first-order valence-corrected chi connectivity index (χ1v) is 13.2. The summed E-state index contributed by atoms with van der Waals surface area (Å²) in [6.07, 6.45) is 8.02. The van der Waals surface area contributed by atoms with Crippen molar-refractivity contribution in [3.63, 3.8) is 0 Å². The van der Waals surface area contributed by atoms with E-state index >= 15 is 0 Å². The highest BCUT2D eigenvalue weighted by Crippen LogP contribution is 2.34. The maximum absolute atomic E-state index is 12.8. The SMILES string of the molecule is CC1=C(C(=O)O)C(c2cccc(Cl)c2)N(CCCNCC(=O)c2ccc(OC3C=CCCC3)cc2)C(=O)N1. The van der Waals surface area contributed by atoms with Gasteiger partial charge in [-0.1, -0.05) is 29.8 Å². The van der Waals surface area contributed by atoms with Gasteiger partial charge < -0.3 is 25.4 Å². The average Bonchev–Trinajstić information content (AvgIpc) is 2.90. The zero-order valence-corrected chi connectivity index (χ0v) is 22.0. The number of allylic oxidation sites excluding steroid dienone is 2. The largest absolute Gasteiger partial charge is 0.486 e. The minimum absolute atomic E-state index is 0.0478. The Kier molecular flexibility index (Phi) is 9.20. The number of benzene rings is 2. The van der Waals surface area contributed by atoms with Crippen molar-refractivity contribution < 1.29 is 24.2 Å². The fourth-order valence-corrected chi connectivity index (χ4v) is 4.96. The van der Waals surface area contributed by atoms with E-state index in [4.69, 9.17) is 16.3 Å². The highest BCUT2D eigenvalue weighted by molar-refractivity contribution is 6.30. The summed E-state index contributed by atoms with van der Waals surface area (Å²) < 4.78 is 5.95. The molecule has 9 heteroatoms. The lowest BCUT2D eigenvalue weighted by atomic mass is 9.93. The van der Waals surface area contributed by atoms with Gasteiger partial charge in [0.15, 0.2) is 5.78 Å². The van der Waals surface area contributed by atoms with E-state index in [2.05, 4.69) is 22.8 Å². The van der Waals surface area contributed by atoms with Crippen molar-refractivity contribution in [3.05, 3.63) is 88.1 Å². The van der Waals surface area contributed by atoms with Gasteiger partial charge in [-0.25, -0.2) is 9.59 Å². The smallest absolute Gasteiger partial charge is 0.335 e. The molecule has 1 aliphatic carbocycles. The van der Waals surface area contributed by atoms with E-state index in [-0.39, 0.29) is 36.6 Å². The van der Waals surface area contributed by atoms with Crippen LogP contribution in [0.2, 0.25) is 5.02 Å². The fourth-order valence-electron chi connectivity index (χ4n) is 4.76. The second kappa shape index (κ2) is 12.8. The molecule has 2 atom stereocenters. The number of ketones is 1. The third-order valence-electron chi connectivity index (χ3n) is 6.65. The standard InChI is InChI=1S/C29H32ClN3O5/c1-19-26(28(35)36)27(21-7-5-8-22(30)17-21)33(29(37)32-19)16-6-15-31-18-25(34)20-11-13-24(14-12-20)38-23-9-3-2-4-10-23/h3,5,7-9,11-14,17,23,27,31H,2,4,6,10,15-16,18H2,1H3,(H,32,37)(H,35,36). The summed E-state index contributed by atoms with van der Waals surface area (Å²) in [7, 11) is 0. The first kappa shape index (κ1) is 27.4. The number of carbonyl (C=O) groups is 3. The highest BCUT2D eigenvalue weighted by Gasteiger charge is 2.37. The first-order valence-electron chi connectivity index (χ1n) is 12.8. The lowest BCUT2D eigenvalue weighted by molar-refractivity contribution is -0.133. The molecule has 0 saturated heterocycles.